The minimum Gasteiger partial charge on any atom is -0.353 e. The average Bonchev–Trinajstić information content (AvgIpc) is 2.82. The van der Waals surface area contributed by atoms with E-state index in [9.17, 15) is 4.79 Å². The van der Waals surface area contributed by atoms with Crippen molar-refractivity contribution in [3.63, 3.8) is 0 Å². The molecule has 1 aliphatic rings. The van der Waals surface area contributed by atoms with Crippen molar-refractivity contribution in [2.75, 3.05) is 6.54 Å². The molecule has 3 N–H and O–H groups in total. The minimum absolute atomic E-state index is 0.130. The van der Waals surface area contributed by atoms with Gasteiger partial charge in [0.15, 0.2) is 0 Å². The summed E-state index contributed by atoms with van der Waals surface area (Å²) in [6.07, 6.45) is 7.32. The Balaban J connectivity index is 1.96. The van der Waals surface area contributed by atoms with E-state index in [1.54, 1.807) is 0 Å². The molecule has 18 heavy (non-hydrogen) atoms. The van der Waals surface area contributed by atoms with Crippen molar-refractivity contribution in [1.82, 2.24) is 9.88 Å². The summed E-state index contributed by atoms with van der Waals surface area (Å²) in [5, 5.41) is 3.05. The molecule has 1 saturated carbocycles. The number of aryl methyl sites for hydroxylation is 1. The summed E-state index contributed by atoms with van der Waals surface area (Å²) in [6, 6.07) is 4.01. The van der Waals surface area contributed by atoms with Gasteiger partial charge in [0.05, 0.1) is 12.0 Å². The van der Waals surface area contributed by atoms with Crippen LogP contribution in [0.3, 0.4) is 0 Å². The summed E-state index contributed by atoms with van der Waals surface area (Å²) < 4.78 is 2.02. The fraction of sp³-hybridized carbons (Fsp3) is 0.643. The molecule has 1 aromatic heterocycles. The number of nitrogens with zero attached hydrogens (tertiary/aromatic N) is 1. The van der Waals surface area contributed by atoms with Gasteiger partial charge in [0.25, 0.3) is 0 Å². The topological polar surface area (TPSA) is 60.0 Å². The van der Waals surface area contributed by atoms with Crippen molar-refractivity contribution < 1.29 is 4.79 Å². The Morgan fingerprint density at radius 2 is 2.17 bits per heavy atom. The second kappa shape index (κ2) is 5.57. The molecule has 0 bridgehead atoms. The van der Waals surface area contributed by atoms with Gasteiger partial charge in [-0.1, -0.05) is 19.3 Å². The molecular weight excluding hydrogens is 226 g/mol. The highest BCUT2D eigenvalue weighted by molar-refractivity contribution is 5.82. The fourth-order valence-electron chi connectivity index (χ4n) is 2.79. The van der Waals surface area contributed by atoms with Crippen LogP contribution in [-0.2, 0) is 18.4 Å². The van der Waals surface area contributed by atoms with Crippen LogP contribution >= 0.6 is 0 Å². The molecule has 0 atom stereocenters. The zero-order chi connectivity index (χ0) is 13.0. The summed E-state index contributed by atoms with van der Waals surface area (Å²) in [5.74, 6) is 0.130. The predicted molar refractivity (Wildman–Crippen MR) is 71.8 cm³/mol. The van der Waals surface area contributed by atoms with Crippen LogP contribution in [0.25, 0.3) is 0 Å². The van der Waals surface area contributed by atoms with Crippen LogP contribution in [0.15, 0.2) is 18.3 Å². The van der Waals surface area contributed by atoms with Crippen molar-refractivity contribution in [1.29, 1.82) is 0 Å². The highest BCUT2D eigenvalue weighted by Crippen LogP contribution is 2.35. The molecule has 0 radical (unpaired) electrons. The Morgan fingerprint density at radius 3 is 2.72 bits per heavy atom. The largest absolute Gasteiger partial charge is 0.353 e. The first-order chi connectivity index (χ1) is 8.68. The number of aromatic nitrogens is 1. The Kier molecular flexibility index (Phi) is 4.07. The van der Waals surface area contributed by atoms with Crippen molar-refractivity contribution in [3.8, 4) is 0 Å². The van der Waals surface area contributed by atoms with Gasteiger partial charge in [0.1, 0.15) is 0 Å². The lowest BCUT2D eigenvalue weighted by atomic mass is 9.73. The Labute approximate surface area is 109 Å². The molecule has 4 heteroatoms. The van der Waals surface area contributed by atoms with Crippen LogP contribution in [0.1, 0.15) is 37.8 Å². The van der Waals surface area contributed by atoms with Crippen LogP contribution in [0, 0.1) is 5.41 Å². The molecule has 2 rings (SSSR count). The zero-order valence-corrected chi connectivity index (χ0v) is 11.1. The number of rotatable bonds is 4. The lowest BCUT2D eigenvalue weighted by Gasteiger charge is -2.34. The first-order valence-corrected chi connectivity index (χ1v) is 6.76. The number of hydrogen-bond acceptors (Lipinski definition) is 2. The third-order valence-electron chi connectivity index (χ3n) is 4.16. The second-order valence-electron chi connectivity index (χ2n) is 5.34. The van der Waals surface area contributed by atoms with Gasteiger partial charge in [-0.05, 0) is 25.0 Å². The van der Waals surface area contributed by atoms with Gasteiger partial charge in [0.2, 0.25) is 5.91 Å². The van der Waals surface area contributed by atoms with E-state index in [1.807, 2.05) is 29.9 Å². The molecule has 0 aliphatic heterocycles. The van der Waals surface area contributed by atoms with Gasteiger partial charge in [-0.2, -0.15) is 0 Å². The Morgan fingerprint density at radius 1 is 1.44 bits per heavy atom. The molecule has 1 heterocycles. The molecule has 0 unspecified atom stereocenters. The second-order valence-corrected chi connectivity index (χ2v) is 5.34. The lowest BCUT2D eigenvalue weighted by Crippen LogP contribution is -2.47. The Hall–Kier alpha value is -1.29. The van der Waals surface area contributed by atoms with Crippen LogP contribution in [0.2, 0.25) is 0 Å². The quantitative estimate of drug-likeness (QED) is 0.850. The van der Waals surface area contributed by atoms with E-state index in [0.29, 0.717) is 13.1 Å². The molecule has 0 saturated heterocycles. The van der Waals surface area contributed by atoms with E-state index < -0.39 is 0 Å². The first-order valence-electron chi connectivity index (χ1n) is 6.76. The van der Waals surface area contributed by atoms with Crippen molar-refractivity contribution >= 4 is 5.91 Å². The smallest absolute Gasteiger partial charge is 0.227 e. The van der Waals surface area contributed by atoms with Crippen LogP contribution in [-0.4, -0.2) is 17.0 Å². The SMILES string of the molecule is Cn1cccc1CNC(=O)C1(CN)CCCCC1. The summed E-state index contributed by atoms with van der Waals surface area (Å²) in [7, 11) is 1.99. The van der Waals surface area contributed by atoms with Gasteiger partial charge in [0, 0.05) is 25.5 Å². The molecule has 0 aromatic carbocycles. The predicted octanol–water partition coefficient (Wildman–Crippen LogP) is 1.55. The maximum atomic E-state index is 12.4. The normalized spacial score (nSPS) is 18.6. The van der Waals surface area contributed by atoms with Crippen molar-refractivity contribution in [3.05, 3.63) is 24.0 Å². The minimum atomic E-state index is -0.316. The number of nitrogens with two attached hydrogens (primary N) is 1. The Bertz CT molecular complexity index is 405. The molecule has 4 nitrogen and oxygen atoms in total. The van der Waals surface area contributed by atoms with E-state index in [4.69, 9.17) is 5.73 Å². The highest BCUT2D eigenvalue weighted by Gasteiger charge is 2.37. The maximum Gasteiger partial charge on any atom is 0.227 e. The van der Waals surface area contributed by atoms with Crippen LogP contribution in [0.5, 0.6) is 0 Å². The molecule has 1 aliphatic carbocycles. The maximum absolute atomic E-state index is 12.4. The number of nitrogens with one attached hydrogen (secondary N) is 1. The third kappa shape index (κ3) is 2.58. The van der Waals surface area contributed by atoms with E-state index >= 15 is 0 Å². The number of carbonyl (C=O) groups excluding carboxylic acids is 1. The summed E-state index contributed by atoms with van der Waals surface area (Å²) in [4.78, 5) is 12.4. The van der Waals surface area contributed by atoms with Gasteiger partial charge >= 0.3 is 0 Å². The summed E-state index contributed by atoms with van der Waals surface area (Å²) in [6.45, 7) is 1.05. The molecule has 1 aromatic rings. The molecule has 0 spiro atoms. The van der Waals surface area contributed by atoms with E-state index in [2.05, 4.69) is 5.32 Å². The third-order valence-corrected chi connectivity index (χ3v) is 4.16. The van der Waals surface area contributed by atoms with Crippen LogP contribution in [0.4, 0.5) is 0 Å². The first kappa shape index (κ1) is 13.1. The van der Waals surface area contributed by atoms with E-state index in [-0.39, 0.29) is 11.3 Å². The van der Waals surface area contributed by atoms with E-state index in [0.717, 1.165) is 31.4 Å². The van der Waals surface area contributed by atoms with Crippen LogP contribution < -0.4 is 11.1 Å². The number of amides is 1. The van der Waals surface area contributed by atoms with Gasteiger partial charge in [-0.3, -0.25) is 4.79 Å². The van der Waals surface area contributed by atoms with Gasteiger partial charge < -0.3 is 15.6 Å². The number of hydrogen-bond donors (Lipinski definition) is 2. The highest BCUT2D eigenvalue weighted by atomic mass is 16.2. The van der Waals surface area contributed by atoms with Crippen molar-refractivity contribution in [2.45, 2.75) is 38.6 Å². The number of carbonyl (C=O) groups is 1. The molecular formula is C14H23N3O. The van der Waals surface area contributed by atoms with E-state index in [1.165, 1.54) is 6.42 Å². The lowest BCUT2D eigenvalue weighted by molar-refractivity contribution is -0.132. The molecule has 1 amide bonds. The van der Waals surface area contributed by atoms with Crippen molar-refractivity contribution in [2.24, 2.45) is 18.2 Å². The van der Waals surface area contributed by atoms with Gasteiger partial charge in [-0.25, -0.2) is 0 Å². The molecule has 100 valence electrons. The summed E-state index contributed by atoms with van der Waals surface area (Å²) >= 11 is 0. The molecule has 1 fully saturated rings. The van der Waals surface area contributed by atoms with Gasteiger partial charge in [-0.15, -0.1) is 0 Å². The summed E-state index contributed by atoms with van der Waals surface area (Å²) in [5.41, 5.74) is 6.65. The zero-order valence-electron chi connectivity index (χ0n) is 11.1. The standard InChI is InChI=1S/C14H23N3O/c1-17-9-5-6-12(17)10-16-13(18)14(11-15)7-3-2-4-8-14/h5-6,9H,2-4,7-8,10-11,15H2,1H3,(H,16,18). The fourth-order valence-corrected chi connectivity index (χ4v) is 2.79. The average molecular weight is 249 g/mol. The monoisotopic (exact) mass is 249 g/mol.